The fraction of sp³-hybridized carbons (Fsp3) is 0.857. The normalized spacial score (nSPS) is 17.1. The van der Waals surface area contributed by atoms with Crippen molar-refractivity contribution in [1.29, 1.82) is 0 Å². The Hall–Kier alpha value is -1.14. The first-order valence-electron chi connectivity index (χ1n) is 7.87. The highest BCUT2D eigenvalue weighted by Gasteiger charge is 2.09. The molecule has 6 nitrogen and oxygen atoms in total. The number of hydrogen-bond donors (Lipinski definition) is 2. The molecular formula is C14H27N5O. The zero-order chi connectivity index (χ0) is 14.0. The minimum absolute atomic E-state index is 0.544. The fourth-order valence-corrected chi connectivity index (χ4v) is 2.53. The van der Waals surface area contributed by atoms with E-state index in [0.29, 0.717) is 11.9 Å². The molecule has 0 atom stereocenters. The van der Waals surface area contributed by atoms with Crippen LogP contribution in [0.5, 0.6) is 0 Å². The number of likely N-dealkylation sites (tertiary alicyclic amines) is 1. The van der Waals surface area contributed by atoms with E-state index in [4.69, 9.17) is 10.2 Å². The average Bonchev–Trinajstić information content (AvgIpc) is 2.74. The molecule has 1 aromatic heterocycles. The summed E-state index contributed by atoms with van der Waals surface area (Å²) in [4.78, 5) is 2.51. The highest BCUT2D eigenvalue weighted by Crippen LogP contribution is 2.10. The van der Waals surface area contributed by atoms with Crippen LogP contribution in [0.4, 0.5) is 6.01 Å². The first kappa shape index (κ1) is 15.3. The Bertz CT molecular complexity index is 360. The van der Waals surface area contributed by atoms with Crippen molar-refractivity contribution >= 4 is 6.01 Å². The predicted molar refractivity (Wildman–Crippen MR) is 79.7 cm³/mol. The van der Waals surface area contributed by atoms with Crippen LogP contribution in [0.15, 0.2) is 4.42 Å². The minimum Gasteiger partial charge on any atom is -0.408 e. The molecule has 0 unspecified atom stereocenters. The monoisotopic (exact) mass is 281 g/mol. The second kappa shape index (κ2) is 8.92. The number of hydrogen-bond acceptors (Lipinski definition) is 6. The number of nitrogens with two attached hydrogens (primary N) is 1. The topological polar surface area (TPSA) is 80.2 Å². The molecule has 0 amide bonds. The third kappa shape index (κ3) is 5.46. The summed E-state index contributed by atoms with van der Waals surface area (Å²) in [5.74, 6) is 0.704. The van der Waals surface area contributed by atoms with Crippen LogP contribution in [-0.4, -0.2) is 47.8 Å². The van der Waals surface area contributed by atoms with Gasteiger partial charge in [0.25, 0.3) is 0 Å². The zero-order valence-corrected chi connectivity index (χ0v) is 12.3. The number of nitrogens with zero attached hydrogens (tertiary/aromatic N) is 3. The van der Waals surface area contributed by atoms with E-state index >= 15 is 0 Å². The van der Waals surface area contributed by atoms with Crippen LogP contribution in [-0.2, 0) is 6.42 Å². The maximum absolute atomic E-state index is 5.55. The summed E-state index contributed by atoms with van der Waals surface area (Å²) in [5, 5.41) is 11.3. The number of anilines is 1. The van der Waals surface area contributed by atoms with Crippen LogP contribution in [0.1, 0.15) is 44.4 Å². The number of rotatable bonds is 8. The van der Waals surface area contributed by atoms with Crippen LogP contribution in [0.3, 0.4) is 0 Å². The Kier molecular flexibility index (Phi) is 6.80. The van der Waals surface area contributed by atoms with Crippen molar-refractivity contribution in [2.45, 2.75) is 44.9 Å². The molecule has 1 saturated heterocycles. The first-order chi connectivity index (χ1) is 9.88. The Balaban J connectivity index is 1.63. The van der Waals surface area contributed by atoms with Crippen LogP contribution in [0.25, 0.3) is 0 Å². The van der Waals surface area contributed by atoms with Crippen molar-refractivity contribution in [3.63, 3.8) is 0 Å². The second-order valence-corrected chi connectivity index (χ2v) is 5.43. The molecule has 0 bridgehead atoms. The van der Waals surface area contributed by atoms with E-state index in [1.165, 1.54) is 38.8 Å². The van der Waals surface area contributed by atoms with Crippen molar-refractivity contribution in [3.05, 3.63) is 5.89 Å². The molecule has 114 valence electrons. The second-order valence-electron chi connectivity index (χ2n) is 5.43. The van der Waals surface area contributed by atoms with Gasteiger partial charge in [0, 0.05) is 19.5 Å². The lowest BCUT2D eigenvalue weighted by molar-refractivity contribution is 0.295. The molecule has 20 heavy (non-hydrogen) atoms. The molecule has 2 rings (SSSR count). The van der Waals surface area contributed by atoms with Crippen LogP contribution in [0, 0.1) is 0 Å². The van der Waals surface area contributed by atoms with Crippen molar-refractivity contribution in [1.82, 2.24) is 15.1 Å². The van der Waals surface area contributed by atoms with E-state index in [9.17, 15) is 0 Å². The largest absolute Gasteiger partial charge is 0.408 e. The lowest BCUT2D eigenvalue weighted by atomic mass is 10.2. The third-order valence-electron chi connectivity index (χ3n) is 3.71. The lowest BCUT2D eigenvalue weighted by Gasteiger charge is -2.19. The summed E-state index contributed by atoms with van der Waals surface area (Å²) in [6, 6.07) is 0.544. The molecule has 0 aromatic carbocycles. The van der Waals surface area contributed by atoms with Crippen LogP contribution >= 0.6 is 0 Å². The van der Waals surface area contributed by atoms with E-state index in [-0.39, 0.29) is 0 Å². The zero-order valence-electron chi connectivity index (χ0n) is 12.3. The van der Waals surface area contributed by atoms with E-state index < -0.39 is 0 Å². The maximum atomic E-state index is 5.55. The molecule has 0 radical (unpaired) electrons. The van der Waals surface area contributed by atoms with Gasteiger partial charge in [-0.05, 0) is 45.3 Å². The van der Waals surface area contributed by atoms with Gasteiger partial charge in [-0.25, -0.2) is 0 Å². The number of unbranched alkanes of at least 4 members (excludes halogenated alkanes) is 1. The molecule has 1 fully saturated rings. The number of nitrogens with one attached hydrogen (secondary N) is 1. The minimum atomic E-state index is 0.544. The third-order valence-corrected chi connectivity index (χ3v) is 3.71. The van der Waals surface area contributed by atoms with Crippen molar-refractivity contribution in [3.8, 4) is 0 Å². The standard InChI is InChI=1S/C14H27N5O/c15-8-4-3-7-13-17-18-14(20-13)16-9-12-19-10-5-1-2-6-11-19/h1-12,15H2,(H,16,18). The molecule has 6 heteroatoms. The Morgan fingerprint density at radius 1 is 1.10 bits per heavy atom. The van der Waals surface area contributed by atoms with Crippen molar-refractivity contribution in [2.24, 2.45) is 5.73 Å². The lowest BCUT2D eigenvalue weighted by Crippen LogP contribution is -2.30. The Morgan fingerprint density at radius 2 is 1.90 bits per heavy atom. The molecular weight excluding hydrogens is 254 g/mol. The highest BCUT2D eigenvalue weighted by atomic mass is 16.4. The summed E-state index contributed by atoms with van der Waals surface area (Å²) in [7, 11) is 0. The maximum Gasteiger partial charge on any atom is 0.315 e. The van der Waals surface area contributed by atoms with Crippen molar-refractivity contribution in [2.75, 3.05) is 38.0 Å². The van der Waals surface area contributed by atoms with Gasteiger partial charge in [0.05, 0.1) is 0 Å². The molecule has 1 aliphatic heterocycles. The predicted octanol–water partition coefficient (Wildman–Crippen LogP) is 1.64. The summed E-state index contributed by atoms with van der Waals surface area (Å²) in [6.45, 7) is 5.07. The van der Waals surface area contributed by atoms with Crippen LogP contribution < -0.4 is 11.1 Å². The molecule has 2 heterocycles. The molecule has 1 aliphatic rings. The van der Waals surface area contributed by atoms with Gasteiger partial charge in [-0.3, -0.25) is 0 Å². The average molecular weight is 281 g/mol. The summed E-state index contributed by atoms with van der Waals surface area (Å²) < 4.78 is 5.55. The van der Waals surface area contributed by atoms with Gasteiger partial charge in [-0.15, -0.1) is 5.10 Å². The first-order valence-corrected chi connectivity index (χ1v) is 7.87. The SMILES string of the molecule is NCCCCc1nnc(NCCN2CCCCCC2)o1. The molecule has 0 aliphatic carbocycles. The summed E-state index contributed by atoms with van der Waals surface area (Å²) >= 11 is 0. The molecule has 0 saturated carbocycles. The number of aryl methyl sites for hydroxylation is 1. The van der Waals surface area contributed by atoms with Gasteiger partial charge in [-0.1, -0.05) is 17.9 Å². The van der Waals surface area contributed by atoms with E-state index in [1.807, 2.05) is 0 Å². The van der Waals surface area contributed by atoms with Gasteiger partial charge in [0.2, 0.25) is 5.89 Å². The summed E-state index contributed by atoms with van der Waals surface area (Å²) in [6.07, 6.45) is 8.22. The van der Waals surface area contributed by atoms with Gasteiger partial charge in [-0.2, -0.15) is 0 Å². The molecule has 0 spiro atoms. The smallest absolute Gasteiger partial charge is 0.315 e. The van der Waals surface area contributed by atoms with Crippen LogP contribution in [0.2, 0.25) is 0 Å². The van der Waals surface area contributed by atoms with Gasteiger partial charge in [0.15, 0.2) is 0 Å². The number of aromatic nitrogens is 2. The van der Waals surface area contributed by atoms with E-state index in [2.05, 4.69) is 20.4 Å². The fourth-order valence-electron chi connectivity index (χ4n) is 2.53. The van der Waals surface area contributed by atoms with Crippen molar-refractivity contribution < 1.29 is 4.42 Å². The van der Waals surface area contributed by atoms with Gasteiger partial charge < -0.3 is 20.4 Å². The highest BCUT2D eigenvalue weighted by molar-refractivity contribution is 5.16. The molecule has 3 N–H and O–H groups in total. The van der Waals surface area contributed by atoms with Gasteiger partial charge in [0.1, 0.15) is 0 Å². The molecule has 1 aromatic rings. The summed E-state index contributed by atoms with van der Waals surface area (Å²) in [5.41, 5.74) is 5.46. The Labute approximate surface area is 121 Å². The van der Waals surface area contributed by atoms with Gasteiger partial charge >= 0.3 is 6.01 Å². The Morgan fingerprint density at radius 3 is 2.65 bits per heavy atom. The van der Waals surface area contributed by atoms with E-state index in [0.717, 1.165) is 38.9 Å². The van der Waals surface area contributed by atoms with E-state index in [1.54, 1.807) is 0 Å². The quantitative estimate of drug-likeness (QED) is 0.705.